The van der Waals surface area contributed by atoms with E-state index >= 15 is 0 Å². The van der Waals surface area contributed by atoms with Crippen LogP contribution in [0.3, 0.4) is 0 Å². The number of likely N-dealkylation sites (N-methyl/N-ethyl adjacent to an activating group) is 1. The Balaban J connectivity index is 2.12. The Labute approximate surface area is 250 Å². The maximum Gasteiger partial charge on any atom is 0.410 e. The second-order valence-corrected chi connectivity index (χ2v) is 13.6. The topological polar surface area (TPSA) is 147 Å². The smallest absolute Gasteiger partial charge is 0.410 e. The van der Waals surface area contributed by atoms with Crippen LogP contribution in [-0.2, 0) is 24.3 Å². The molecule has 2 rings (SSSR count). The molecule has 1 aromatic carbocycles. The third kappa shape index (κ3) is 10.5. The molecule has 42 heavy (non-hydrogen) atoms. The van der Waals surface area contributed by atoms with Crippen molar-refractivity contribution in [2.75, 3.05) is 70.6 Å². The minimum atomic E-state index is -3.31. The van der Waals surface area contributed by atoms with Crippen LogP contribution in [0, 0.1) is 18.3 Å². The fraction of sp³-hybridized carbons (Fsp3) is 0.643. The van der Waals surface area contributed by atoms with Crippen molar-refractivity contribution in [3.8, 4) is 6.07 Å². The van der Waals surface area contributed by atoms with Crippen molar-refractivity contribution in [2.24, 2.45) is 0 Å². The molecule has 1 aromatic rings. The molecule has 1 fully saturated rings. The van der Waals surface area contributed by atoms with E-state index in [2.05, 4.69) is 11.4 Å². The van der Waals surface area contributed by atoms with Gasteiger partial charge in [-0.25, -0.2) is 18.2 Å². The van der Waals surface area contributed by atoms with Gasteiger partial charge in [-0.3, -0.25) is 14.6 Å². The normalized spacial score (nSPS) is 14.7. The Morgan fingerprint density at radius 1 is 1.12 bits per heavy atom. The number of hydrogen-bond donors (Lipinski definition) is 1. The van der Waals surface area contributed by atoms with Gasteiger partial charge in [0.1, 0.15) is 5.60 Å². The molecular weight excluding hydrogens is 562 g/mol. The molecular formula is C28H45N7O6S. The standard InChI is InChI=1S/C28H45N7O6S/c1-21(2)35(27(38)41-28(4,5)6)12-11-30-25(36)19-32(24-17-23(18-29)10-9-22(24)3)20-26(37)31(7)33-13-15-34(16-14-33)42(8,39)40/h9-10,17,21H,11-16,19-20H2,1-8H3,(H,30,36). The zero-order valence-corrected chi connectivity index (χ0v) is 26.8. The monoisotopic (exact) mass is 607 g/mol. The second-order valence-electron chi connectivity index (χ2n) is 11.6. The molecule has 234 valence electrons. The van der Waals surface area contributed by atoms with Gasteiger partial charge in [0, 0.05) is 58.0 Å². The fourth-order valence-corrected chi connectivity index (χ4v) is 5.23. The molecule has 0 spiro atoms. The molecule has 1 heterocycles. The molecule has 14 heteroatoms. The Hall–Kier alpha value is -3.41. The van der Waals surface area contributed by atoms with E-state index in [4.69, 9.17) is 4.74 Å². The van der Waals surface area contributed by atoms with E-state index in [1.54, 1.807) is 55.9 Å². The zero-order valence-electron chi connectivity index (χ0n) is 26.0. The van der Waals surface area contributed by atoms with Gasteiger partial charge in [0.2, 0.25) is 15.9 Å². The zero-order chi connectivity index (χ0) is 31.8. The number of carbonyl (C=O) groups is 3. The Morgan fingerprint density at radius 3 is 2.26 bits per heavy atom. The third-order valence-electron chi connectivity index (χ3n) is 6.73. The van der Waals surface area contributed by atoms with E-state index in [9.17, 15) is 28.1 Å². The van der Waals surface area contributed by atoms with Crippen LogP contribution in [0.15, 0.2) is 18.2 Å². The Kier molecular flexibility index (Phi) is 12.1. The molecule has 1 N–H and O–H groups in total. The summed E-state index contributed by atoms with van der Waals surface area (Å²) < 4.78 is 30.6. The van der Waals surface area contributed by atoms with Crippen LogP contribution in [0.4, 0.5) is 10.5 Å². The minimum Gasteiger partial charge on any atom is -0.444 e. The highest BCUT2D eigenvalue weighted by Crippen LogP contribution is 2.22. The molecule has 0 unspecified atom stereocenters. The summed E-state index contributed by atoms with van der Waals surface area (Å²) in [7, 11) is -1.69. The number of aryl methyl sites for hydroxylation is 1. The van der Waals surface area contributed by atoms with Crippen LogP contribution in [-0.4, -0.2) is 123 Å². The first-order valence-corrected chi connectivity index (χ1v) is 15.8. The van der Waals surface area contributed by atoms with Gasteiger partial charge in [-0.2, -0.15) is 9.57 Å². The number of anilines is 1. The van der Waals surface area contributed by atoms with Crippen LogP contribution in [0.25, 0.3) is 0 Å². The van der Waals surface area contributed by atoms with Gasteiger partial charge in [0.15, 0.2) is 0 Å². The predicted octanol–water partition coefficient (Wildman–Crippen LogP) is 1.39. The van der Waals surface area contributed by atoms with E-state index in [0.717, 1.165) is 11.8 Å². The first-order chi connectivity index (χ1) is 19.4. The highest BCUT2D eigenvalue weighted by molar-refractivity contribution is 7.88. The number of ether oxygens (including phenoxy) is 1. The second kappa shape index (κ2) is 14.7. The lowest BCUT2D eigenvalue weighted by molar-refractivity contribution is -0.146. The SMILES string of the molecule is Cc1ccc(C#N)cc1N(CC(=O)NCCN(C(=O)OC(C)(C)C)C(C)C)CC(=O)N(C)N1CCN(S(C)(=O)=O)CC1. The lowest BCUT2D eigenvalue weighted by Crippen LogP contribution is -2.56. The Bertz CT molecular complexity index is 1260. The number of benzene rings is 1. The van der Waals surface area contributed by atoms with E-state index in [0.29, 0.717) is 24.3 Å². The number of nitrogens with one attached hydrogen (secondary N) is 1. The molecule has 0 atom stereocenters. The van der Waals surface area contributed by atoms with E-state index < -0.39 is 21.7 Å². The molecule has 0 saturated carbocycles. The summed E-state index contributed by atoms with van der Waals surface area (Å²) >= 11 is 0. The van der Waals surface area contributed by atoms with Crippen molar-refractivity contribution in [3.05, 3.63) is 29.3 Å². The van der Waals surface area contributed by atoms with Gasteiger partial charge in [-0.1, -0.05) is 6.07 Å². The van der Waals surface area contributed by atoms with Crippen molar-refractivity contribution >= 4 is 33.6 Å². The van der Waals surface area contributed by atoms with Crippen molar-refractivity contribution < 1.29 is 27.5 Å². The summed E-state index contributed by atoms with van der Waals surface area (Å²) in [6.45, 7) is 12.3. The van der Waals surface area contributed by atoms with E-state index in [-0.39, 0.29) is 57.1 Å². The Morgan fingerprint density at radius 2 is 1.74 bits per heavy atom. The predicted molar refractivity (Wildman–Crippen MR) is 160 cm³/mol. The van der Waals surface area contributed by atoms with Gasteiger partial charge in [0.25, 0.3) is 5.91 Å². The van der Waals surface area contributed by atoms with Gasteiger partial charge in [-0.05, 0) is 59.2 Å². The maximum atomic E-state index is 13.4. The van der Waals surface area contributed by atoms with Gasteiger partial charge >= 0.3 is 6.09 Å². The molecule has 1 aliphatic heterocycles. The minimum absolute atomic E-state index is 0.142. The number of rotatable bonds is 11. The summed E-state index contributed by atoms with van der Waals surface area (Å²) in [5.41, 5.74) is 1.11. The van der Waals surface area contributed by atoms with Crippen molar-refractivity contribution in [2.45, 2.75) is 53.2 Å². The summed E-state index contributed by atoms with van der Waals surface area (Å²) in [6.07, 6.45) is 0.694. The van der Waals surface area contributed by atoms with Gasteiger partial charge in [-0.15, -0.1) is 0 Å². The summed E-state index contributed by atoms with van der Waals surface area (Å²) in [6, 6.07) is 7.03. The van der Waals surface area contributed by atoms with Crippen molar-refractivity contribution in [3.63, 3.8) is 0 Å². The van der Waals surface area contributed by atoms with Crippen LogP contribution < -0.4 is 10.2 Å². The molecule has 1 saturated heterocycles. The van der Waals surface area contributed by atoms with E-state index in [1.165, 1.54) is 14.2 Å². The first kappa shape index (κ1) is 34.8. The molecule has 13 nitrogen and oxygen atoms in total. The summed E-state index contributed by atoms with van der Waals surface area (Å²) in [5.74, 6) is -0.657. The number of amides is 3. The molecule has 0 aromatic heterocycles. The van der Waals surface area contributed by atoms with Gasteiger partial charge < -0.3 is 19.9 Å². The lowest BCUT2D eigenvalue weighted by Gasteiger charge is -2.39. The first-order valence-electron chi connectivity index (χ1n) is 13.9. The van der Waals surface area contributed by atoms with Crippen molar-refractivity contribution in [1.29, 1.82) is 5.26 Å². The van der Waals surface area contributed by atoms with Crippen LogP contribution in [0.5, 0.6) is 0 Å². The number of nitrogens with zero attached hydrogens (tertiary/aromatic N) is 6. The number of carbonyl (C=O) groups excluding carboxylic acids is 3. The fourth-order valence-electron chi connectivity index (χ4n) is 4.40. The third-order valence-corrected chi connectivity index (χ3v) is 8.04. The number of piperazine rings is 1. The average Bonchev–Trinajstić information content (AvgIpc) is 2.88. The number of hydrazine groups is 1. The summed E-state index contributed by atoms with van der Waals surface area (Å²) in [4.78, 5) is 42.2. The maximum absolute atomic E-state index is 13.4. The highest BCUT2D eigenvalue weighted by Gasteiger charge is 2.29. The van der Waals surface area contributed by atoms with E-state index in [1.807, 2.05) is 20.8 Å². The quantitative estimate of drug-likeness (QED) is 0.394. The number of sulfonamides is 1. The molecule has 1 aliphatic rings. The van der Waals surface area contributed by atoms with Crippen LogP contribution >= 0.6 is 0 Å². The van der Waals surface area contributed by atoms with Crippen LogP contribution in [0.1, 0.15) is 45.7 Å². The molecule has 0 radical (unpaired) electrons. The lowest BCUT2D eigenvalue weighted by atomic mass is 10.1. The molecule has 3 amide bonds. The molecule has 0 aliphatic carbocycles. The van der Waals surface area contributed by atoms with Crippen LogP contribution in [0.2, 0.25) is 0 Å². The average molecular weight is 608 g/mol. The van der Waals surface area contributed by atoms with Gasteiger partial charge in [0.05, 0.1) is 31.0 Å². The summed E-state index contributed by atoms with van der Waals surface area (Å²) in [5, 5.41) is 15.5. The van der Waals surface area contributed by atoms with Crippen molar-refractivity contribution in [1.82, 2.24) is 24.5 Å². The number of hydrogen-bond acceptors (Lipinski definition) is 9. The highest BCUT2D eigenvalue weighted by atomic mass is 32.2. The number of nitriles is 1. The largest absolute Gasteiger partial charge is 0.444 e. The molecule has 0 bridgehead atoms.